The van der Waals surface area contributed by atoms with Gasteiger partial charge in [0.1, 0.15) is 12.4 Å². The average Bonchev–Trinajstić information content (AvgIpc) is 3.17. The van der Waals surface area contributed by atoms with Crippen LogP contribution in [0.25, 0.3) is 0 Å². The first-order valence-corrected chi connectivity index (χ1v) is 8.48. The fraction of sp³-hybridized carbons (Fsp3) is 0.500. The normalized spacial score (nSPS) is 26.4. The molecule has 24 heavy (non-hydrogen) atoms. The van der Waals surface area contributed by atoms with E-state index in [4.69, 9.17) is 4.74 Å². The quantitative estimate of drug-likeness (QED) is 0.920. The van der Waals surface area contributed by atoms with Crippen molar-refractivity contribution in [3.8, 4) is 0 Å². The van der Waals surface area contributed by atoms with Crippen molar-refractivity contribution in [2.24, 2.45) is 5.92 Å². The molecule has 2 fully saturated rings. The number of rotatable bonds is 2. The summed E-state index contributed by atoms with van der Waals surface area (Å²) in [6.45, 7) is 5.38. The van der Waals surface area contributed by atoms with Gasteiger partial charge in [0.2, 0.25) is 0 Å². The van der Waals surface area contributed by atoms with Crippen molar-refractivity contribution in [3.63, 3.8) is 0 Å². The molecule has 2 aromatic rings. The number of nitrogens with zero attached hydrogens (tertiary/aromatic N) is 3. The Labute approximate surface area is 141 Å². The summed E-state index contributed by atoms with van der Waals surface area (Å²) in [6.07, 6.45) is 5.40. The first kappa shape index (κ1) is 15.3. The molecule has 3 atom stereocenters. The Bertz CT molecular complexity index is 743. The molecule has 6 heteroatoms. The summed E-state index contributed by atoms with van der Waals surface area (Å²) in [7, 11) is 0. The van der Waals surface area contributed by atoms with E-state index in [1.165, 1.54) is 0 Å². The molecule has 1 N–H and O–H groups in total. The first-order chi connectivity index (χ1) is 11.6. The predicted molar refractivity (Wildman–Crippen MR) is 88.5 cm³/mol. The van der Waals surface area contributed by atoms with E-state index < -0.39 is 0 Å². The van der Waals surface area contributed by atoms with Gasteiger partial charge in [-0.2, -0.15) is 0 Å². The highest BCUT2D eigenvalue weighted by atomic mass is 16.5. The lowest BCUT2D eigenvalue weighted by atomic mass is 9.91. The van der Waals surface area contributed by atoms with Gasteiger partial charge in [-0.05, 0) is 44.7 Å². The number of ether oxygens (including phenoxy) is 1. The molecule has 0 aliphatic carbocycles. The van der Waals surface area contributed by atoms with Crippen LogP contribution >= 0.6 is 0 Å². The van der Waals surface area contributed by atoms with Crippen molar-refractivity contribution >= 4 is 5.91 Å². The minimum absolute atomic E-state index is 0.0225. The van der Waals surface area contributed by atoms with Crippen LogP contribution in [0.3, 0.4) is 0 Å². The lowest BCUT2D eigenvalue weighted by molar-refractivity contribution is -0.00566. The highest BCUT2D eigenvalue weighted by molar-refractivity contribution is 5.95. The van der Waals surface area contributed by atoms with E-state index in [9.17, 15) is 4.79 Å². The monoisotopic (exact) mass is 326 g/mol. The molecule has 4 rings (SSSR count). The minimum atomic E-state index is 0.0225. The van der Waals surface area contributed by atoms with Crippen molar-refractivity contribution in [3.05, 3.63) is 47.3 Å². The number of aryl methyl sites for hydroxylation is 2. The van der Waals surface area contributed by atoms with E-state index >= 15 is 0 Å². The SMILES string of the molecule is Cc1cc(C(=O)N2CC[C@@H]3C[C@@H](c4ccncn4)O[C@H]3C2)c(C)[nH]1. The van der Waals surface area contributed by atoms with Gasteiger partial charge in [0, 0.05) is 30.7 Å². The molecule has 4 heterocycles. The van der Waals surface area contributed by atoms with Crippen LogP contribution in [0, 0.1) is 19.8 Å². The number of carbonyl (C=O) groups is 1. The third-order valence-electron chi connectivity index (χ3n) is 5.15. The fourth-order valence-electron chi connectivity index (χ4n) is 3.91. The molecule has 0 spiro atoms. The standard InChI is InChI=1S/C18H22N4O2/c1-11-7-14(12(2)21-11)18(23)22-6-4-13-8-16(24-17(13)9-22)15-3-5-19-10-20-15/h3,5,7,10,13,16-17,21H,4,6,8-9H2,1-2H3/t13-,16+,17+/m1/s1. The maximum absolute atomic E-state index is 12.8. The lowest BCUT2D eigenvalue weighted by Gasteiger charge is -2.34. The van der Waals surface area contributed by atoms with Crippen LogP contribution in [0.1, 0.15) is 46.4 Å². The van der Waals surface area contributed by atoms with Crippen LogP contribution in [0.2, 0.25) is 0 Å². The molecule has 0 saturated carbocycles. The molecule has 6 nitrogen and oxygen atoms in total. The van der Waals surface area contributed by atoms with Crippen molar-refractivity contribution < 1.29 is 9.53 Å². The Morgan fingerprint density at radius 2 is 2.29 bits per heavy atom. The van der Waals surface area contributed by atoms with E-state index in [1.807, 2.05) is 30.9 Å². The molecule has 1 amide bonds. The third-order valence-corrected chi connectivity index (χ3v) is 5.15. The van der Waals surface area contributed by atoms with Crippen LogP contribution in [-0.4, -0.2) is 45.0 Å². The zero-order valence-electron chi connectivity index (χ0n) is 14.0. The number of H-pyrrole nitrogens is 1. The van der Waals surface area contributed by atoms with Crippen molar-refractivity contribution in [2.45, 2.75) is 38.9 Å². The molecule has 0 unspecified atom stereocenters. The van der Waals surface area contributed by atoms with Gasteiger partial charge in [-0.25, -0.2) is 9.97 Å². The highest BCUT2D eigenvalue weighted by Gasteiger charge is 2.41. The molecule has 0 radical (unpaired) electrons. The minimum Gasteiger partial charge on any atom is -0.367 e. The smallest absolute Gasteiger partial charge is 0.255 e. The zero-order valence-corrected chi connectivity index (χ0v) is 14.0. The molecular formula is C18H22N4O2. The molecular weight excluding hydrogens is 304 g/mol. The molecule has 2 aliphatic rings. The van der Waals surface area contributed by atoms with Gasteiger partial charge < -0.3 is 14.6 Å². The second-order valence-corrected chi connectivity index (χ2v) is 6.82. The second kappa shape index (κ2) is 6.02. The topological polar surface area (TPSA) is 71.1 Å². The van der Waals surface area contributed by atoms with Crippen LogP contribution in [0.15, 0.2) is 24.7 Å². The van der Waals surface area contributed by atoms with E-state index in [-0.39, 0.29) is 18.1 Å². The molecule has 126 valence electrons. The van der Waals surface area contributed by atoms with Crippen LogP contribution in [0.4, 0.5) is 0 Å². The third kappa shape index (κ3) is 2.71. The Hall–Kier alpha value is -2.21. The average molecular weight is 326 g/mol. The largest absolute Gasteiger partial charge is 0.367 e. The molecule has 2 saturated heterocycles. The summed E-state index contributed by atoms with van der Waals surface area (Å²) < 4.78 is 6.21. The number of carbonyl (C=O) groups excluding carboxylic acids is 1. The Kier molecular flexibility index (Phi) is 3.84. The van der Waals surface area contributed by atoms with Gasteiger partial charge in [0.05, 0.1) is 17.4 Å². The van der Waals surface area contributed by atoms with Gasteiger partial charge >= 0.3 is 0 Å². The number of likely N-dealkylation sites (tertiary alicyclic amines) is 1. The van der Waals surface area contributed by atoms with Crippen molar-refractivity contribution in [2.75, 3.05) is 13.1 Å². The lowest BCUT2D eigenvalue weighted by Crippen LogP contribution is -2.45. The Balaban J connectivity index is 1.46. The number of aromatic amines is 1. The highest BCUT2D eigenvalue weighted by Crippen LogP contribution is 2.40. The molecule has 0 bridgehead atoms. The summed E-state index contributed by atoms with van der Waals surface area (Å²) >= 11 is 0. The van der Waals surface area contributed by atoms with E-state index in [0.717, 1.165) is 42.0 Å². The van der Waals surface area contributed by atoms with E-state index in [0.29, 0.717) is 12.5 Å². The number of hydrogen-bond acceptors (Lipinski definition) is 4. The van der Waals surface area contributed by atoms with Crippen LogP contribution in [0.5, 0.6) is 0 Å². The summed E-state index contributed by atoms with van der Waals surface area (Å²) in [5.41, 5.74) is 3.67. The predicted octanol–water partition coefficient (Wildman–Crippen LogP) is 2.41. The van der Waals surface area contributed by atoms with Crippen molar-refractivity contribution in [1.82, 2.24) is 19.9 Å². The molecule has 0 aromatic carbocycles. The number of fused-ring (bicyclic) bond motifs is 1. The number of amides is 1. The maximum Gasteiger partial charge on any atom is 0.255 e. The van der Waals surface area contributed by atoms with Crippen molar-refractivity contribution in [1.29, 1.82) is 0 Å². The van der Waals surface area contributed by atoms with E-state index in [1.54, 1.807) is 12.5 Å². The number of aromatic nitrogens is 3. The van der Waals surface area contributed by atoms with Gasteiger partial charge in [0.25, 0.3) is 5.91 Å². The van der Waals surface area contributed by atoms with Crippen LogP contribution in [-0.2, 0) is 4.74 Å². The summed E-state index contributed by atoms with van der Waals surface area (Å²) in [4.78, 5) is 26.2. The van der Waals surface area contributed by atoms with Gasteiger partial charge in [-0.1, -0.05) is 0 Å². The van der Waals surface area contributed by atoms with Gasteiger partial charge in [0.15, 0.2) is 0 Å². The first-order valence-electron chi connectivity index (χ1n) is 8.48. The van der Waals surface area contributed by atoms with Crippen LogP contribution < -0.4 is 0 Å². The number of hydrogen-bond donors (Lipinski definition) is 1. The Morgan fingerprint density at radius 1 is 1.42 bits per heavy atom. The number of piperidine rings is 1. The molecule has 2 aromatic heterocycles. The molecule has 2 aliphatic heterocycles. The van der Waals surface area contributed by atoms with Gasteiger partial charge in [-0.15, -0.1) is 0 Å². The summed E-state index contributed by atoms with van der Waals surface area (Å²) in [6, 6.07) is 3.85. The fourth-order valence-corrected chi connectivity index (χ4v) is 3.91. The number of nitrogens with one attached hydrogen (secondary N) is 1. The summed E-state index contributed by atoms with van der Waals surface area (Å²) in [5.74, 6) is 0.604. The zero-order chi connectivity index (χ0) is 16.7. The Morgan fingerprint density at radius 3 is 3.00 bits per heavy atom. The van der Waals surface area contributed by atoms with Gasteiger partial charge in [-0.3, -0.25) is 4.79 Å². The summed E-state index contributed by atoms with van der Waals surface area (Å²) in [5, 5.41) is 0. The second-order valence-electron chi connectivity index (χ2n) is 6.82. The van der Waals surface area contributed by atoms with E-state index in [2.05, 4.69) is 15.0 Å². The maximum atomic E-state index is 12.8.